The number of amides is 2. The van der Waals surface area contributed by atoms with Crippen molar-refractivity contribution in [2.45, 2.75) is 6.54 Å². The number of carbonyl (C=O) groups is 2. The van der Waals surface area contributed by atoms with Crippen LogP contribution in [-0.4, -0.2) is 38.0 Å². The molecular weight excluding hydrogens is 404 g/mol. The fourth-order valence-electron chi connectivity index (χ4n) is 3.07. The van der Waals surface area contributed by atoms with E-state index in [0.717, 1.165) is 4.57 Å². The molecule has 0 bridgehead atoms. The Morgan fingerprint density at radius 2 is 1.61 bits per heavy atom. The lowest BCUT2D eigenvalue weighted by molar-refractivity contribution is -0.125. The van der Waals surface area contributed by atoms with E-state index in [0.29, 0.717) is 16.4 Å². The molecule has 4 rings (SSSR count). The number of nitrogens with zero attached hydrogens (tertiary/aromatic N) is 3. The fourth-order valence-corrected chi connectivity index (χ4v) is 3.07. The van der Waals surface area contributed by atoms with E-state index in [1.165, 1.54) is 6.07 Å². The summed E-state index contributed by atoms with van der Waals surface area (Å²) in [6, 6.07) is 13.4. The van der Waals surface area contributed by atoms with Gasteiger partial charge in [0, 0.05) is 5.39 Å². The van der Waals surface area contributed by atoms with Crippen molar-refractivity contribution in [3.63, 3.8) is 0 Å². The Morgan fingerprint density at radius 3 is 2.35 bits per heavy atom. The van der Waals surface area contributed by atoms with E-state index in [1.807, 2.05) is 0 Å². The van der Waals surface area contributed by atoms with E-state index in [4.69, 9.17) is 0 Å². The molecule has 11 nitrogen and oxygen atoms in total. The van der Waals surface area contributed by atoms with Crippen molar-refractivity contribution < 1.29 is 14.7 Å². The second-order valence-electron chi connectivity index (χ2n) is 6.61. The smallest absolute Gasteiger partial charge is 0.329 e. The molecule has 0 unspecified atom stereocenters. The minimum absolute atomic E-state index is 0.101. The first-order chi connectivity index (χ1) is 14.9. The highest BCUT2D eigenvalue weighted by molar-refractivity contribution is 5.94. The zero-order valence-corrected chi connectivity index (χ0v) is 16.0. The van der Waals surface area contributed by atoms with Gasteiger partial charge < -0.3 is 20.4 Å². The summed E-state index contributed by atoms with van der Waals surface area (Å²) in [5, 5.41) is 20.3. The van der Waals surface area contributed by atoms with Crippen LogP contribution < -0.4 is 16.6 Å². The van der Waals surface area contributed by atoms with Gasteiger partial charge in [0.25, 0.3) is 11.5 Å². The van der Waals surface area contributed by atoms with Crippen molar-refractivity contribution in [2.24, 2.45) is 10.2 Å². The van der Waals surface area contributed by atoms with Crippen LogP contribution in [0.25, 0.3) is 21.8 Å². The van der Waals surface area contributed by atoms with Gasteiger partial charge in [-0.25, -0.2) is 4.79 Å². The number of rotatable bonds is 5. The Balaban J connectivity index is 1.42. The van der Waals surface area contributed by atoms with Crippen molar-refractivity contribution in [1.29, 1.82) is 0 Å². The number of aromatic nitrogens is 3. The first-order valence-corrected chi connectivity index (χ1v) is 9.17. The highest BCUT2D eigenvalue weighted by atomic mass is 16.3. The molecule has 0 spiro atoms. The number of fused-ring (bicyclic) bond motifs is 2. The monoisotopic (exact) mass is 420 g/mol. The lowest BCUT2D eigenvalue weighted by atomic mass is 10.2. The molecular formula is C20H16N6O5. The predicted molar refractivity (Wildman–Crippen MR) is 111 cm³/mol. The van der Waals surface area contributed by atoms with Crippen LogP contribution in [0.15, 0.2) is 68.3 Å². The number of H-pyrrole nitrogens is 2. The summed E-state index contributed by atoms with van der Waals surface area (Å²) in [6.45, 7) is -1.06. The summed E-state index contributed by atoms with van der Waals surface area (Å²) in [6.07, 6.45) is 0. The minimum Gasteiger partial charge on any atom is -0.493 e. The van der Waals surface area contributed by atoms with Crippen LogP contribution in [0.4, 0.5) is 5.69 Å². The molecule has 4 N–H and O–H groups in total. The number of benzene rings is 2. The summed E-state index contributed by atoms with van der Waals surface area (Å²) in [5.41, 5.74) is -0.259. The number of para-hydroxylation sites is 2. The van der Waals surface area contributed by atoms with Crippen molar-refractivity contribution in [3.05, 3.63) is 69.4 Å². The maximum atomic E-state index is 12.4. The zero-order valence-electron chi connectivity index (χ0n) is 16.0. The summed E-state index contributed by atoms with van der Waals surface area (Å²) in [7, 11) is 0. The lowest BCUT2D eigenvalue weighted by Gasteiger charge is -2.06. The molecule has 0 radical (unpaired) electrons. The van der Waals surface area contributed by atoms with Gasteiger partial charge in [-0.3, -0.25) is 19.0 Å². The average molecular weight is 420 g/mol. The number of hydrogen-bond acceptors (Lipinski definition) is 6. The third-order valence-corrected chi connectivity index (χ3v) is 4.55. The molecule has 0 saturated carbocycles. The van der Waals surface area contributed by atoms with Crippen molar-refractivity contribution in [3.8, 4) is 5.88 Å². The van der Waals surface area contributed by atoms with Crippen LogP contribution in [-0.2, 0) is 16.1 Å². The van der Waals surface area contributed by atoms with Crippen LogP contribution in [0, 0.1) is 0 Å². The Bertz CT molecular complexity index is 1460. The molecule has 0 atom stereocenters. The molecule has 0 aliphatic rings. The largest absolute Gasteiger partial charge is 0.493 e. The van der Waals surface area contributed by atoms with Gasteiger partial charge in [-0.1, -0.05) is 30.3 Å². The van der Waals surface area contributed by atoms with E-state index >= 15 is 0 Å². The molecule has 2 aromatic heterocycles. The molecule has 11 heteroatoms. The Morgan fingerprint density at radius 1 is 0.968 bits per heavy atom. The van der Waals surface area contributed by atoms with E-state index < -0.39 is 36.2 Å². The van der Waals surface area contributed by atoms with E-state index in [2.05, 4.69) is 25.5 Å². The molecule has 156 valence electrons. The van der Waals surface area contributed by atoms with Gasteiger partial charge in [0.1, 0.15) is 13.1 Å². The predicted octanol–water partition coefficient (Wildman–Crippen LogP) is 1.30. The minimum atomic E-state index is -0.780. The maximum Gasteiger partial charge on any atom is 0.329 e. The van der Waals surface area contributed by atoms with Crippen LogP contribution in [0.2, 0.25) is 0 Å². The highest BCUT2D eigenvalue weighted by Gasteiger charge is 2.13. The van der Waals surface area contributed by atoms with Gasteiger partial charge in [-0.05, 0) is 18.2 Å². The number of aromatic amines is 2. The SMILES string of the molecule is O=C(CNC(=O)Cn1c(=O)[nH]c2ccccc2c1=O)N=Nc1c(O)[nH]c2ccccc12. The van der Waals surface area contributed by atoms with E-state index in [-0.39, 0.29) is 17.0 Å². The summed E-state index contributed by atoms with van der Waals surface area (Å²) in [4.78, 5) is 53.8. The summed E-state index contributed by atoms with van der Waals surface area (Å²) in [5.74, 6) is -1.74. The van der Waals surface area contributed by atoms with Crippen molar-refractivity contribution in [2.75, 3.05) is 6.54 Å². The fraction of sp³-hybridized carbons (Fsp3) is 0.100. The molecule has 0 saturated heterocycles. The maximum absolute atomic E-state index is 12.4. The molecule has 31 heavy (non-hydrogen) atoms. The molecule has 0 fully saturated rings. The first kappa shape index (κ1) is 19.8. The Hall–Kier alpha value is -4.54. The van der Waals surface area contributed by atoms with E-state index in [1.54, 1.807) is 42.5 Å². The van der Waals surface area contributed by atoms with Gasteiger partial charge >= 0.3 is 5.69 Å². The van der Waals surface area contributed by atoms with Gasteiger partial charge in [-0.15, -0.1) is 10.2 Å². The third kappa shape index (κ3) is 3.96. The summed E-state index contributed by atoms with van der Waals surface area (Å²) >= 11 is 0. The normalized spacial score (nSPS) is 11.4. The van der Waals surface area contributed by atoms with Gasteiger partial charge in [-0.2, -0.15) is 0 Å². The van der Waals surface area contributed by atoms with Gasteiger partial charge in [0.15, 0.2) is 5.69 Å². The zero-order chi connectivity index (χ0) is 22.0. The molecule has 2 heterocycles. The molecule has 2 aromatic carbocycles. The number of hydrogen-bond donors (Lipinski definition) is 4. The van der Waals surface area contributed by atoms with Crippen LogP contribution in [0.1, 0.15) is 0 Å². The number of nitrogens with one attached hydrogen (secondary N) is 3. The molecule has 2 amide bonds. The second-order valence-corrected chi connectivity index (χ2v) is 6.61. The second kappa shape index (κ2) is 8.06. The summed E-state index contributed by atoms with van der Waals surface area (Å²) < 4.78 is 0.744. The lowest BCUT2D eigenvalue weighted by Crippen LogP contribution is -2.41. The van der Waals surface area contributed by atoms with Crippen LogP contribution >= 0.6 is 0 Å². The van der Waals surface area contributed by atoms with Crippen LogP contribution in [0.3, 0.4) is 0 Å². The quantitative estimate of drug-likeness (QED) is 0.357. The molecule has 4 aromatic rings. The van der Waals surface area contributed by atoms with Crippen LogP contribution in [0.5, 0.6) is 5.88 Å². The molecule has 0 aliphatic carbocycles. The highest BCUT2D eigenvalue weighted by Crippen LogP contribution is 2.35. The van der Waals surface area contributed by atoms with Gasteiger partial charge in [0.2, 0.25) is 11.8 Å². The van der Waals surface area contributed by atoms with Crippen molar-refractivity contribution >= 4 is 39.3 Å². The number of aromatic hydroxyl groups is 1. The number of azo groups is 1. The molecule has 0 aliphatic heterocycles. The number of carbonyl (C=O) groups excluding carboxylic acids is 2. The average Bonchev–Trinajstić information content (AvgIpc) is 3.08. The Labute approximate surface area is 173 Å². The third-order valence-electron chi connectivity index (χ3n) is 4.55. The van der Waals surface area contributed by atoms with Crippen molar-refractivity contribution in [1.82, 2.24) is 19.9 Å². The standard InChI is InChI=1S/C20H16N6O5/c27-15(24-25-17-11-5-1-3-7-13(11)22-18(17)29)9-21-16(28)10-26-19(30)12-6-2-4-8-14(12)23-20(26)31/h1-8,22,29H,9-10H2,(H,21,28)(H,23,31). The topological polar surface area (TPSA) is 162 Å². The first-order valence-electron chi connectivity index (χ1n) is 9.17. The van der Waals surface area contributed by atoms with E-state index in [9.17, 15) is 24.3 Å². The van der Waals surface area contributed by atoms with Gasteiger partial charge in [0.05, 0.1) is 16.4 Å². The Kier molecular flexibility index (Phi) is 5.14.